The number of nitrogens with zero attached hydrogens (tertiary/aromatic N) is 2. The average molecular weight is 393 g/mol. The van der Waals surface area contributed by atoms with E-state index in [-0.39, 0.29) is 5.91 Å². The van der Waals surface area contributed by atoms with Crippen LogP contribution in [0, 0.1) is 0 Å². The van der Waals surface area contributed by atoms with Gasteiger partial charge in [-0.25, -0.2) is 0 Å². The van der Waals surface area contributed by atoms with Gasteiger partial charge in [-0.1, -0.05) is 18.2 Å². The first-order valence-electron chi connectivity index (χ1n) is 10.2. The monoisotopic (exact) mass is 392 g/mol. The number of aromatic amines is 1. The Morgan fingerprint density at radius 3 is 2.59 bits per heavy atom. The van der Waals surface area contributed by atoms with Crippen LogP contribution in [-0.4, -0.2) is 62.2 Å². The van der Waals surface area contributed by atoms with Crippen LogP contribution in [0.2, 0.25) is 0 Å². The molecule has 29 heavy (non-hydrogen) atoms. The predicted molar refractivity (Wildman–Crippen MR) is 117 cm³/mol. The number of aromatic nitrogens is 1. The quantitative estimate of drug-likeness (QED) is 0.649. The largest absolute Gasteiger partial charge is 0.497 e. The van der Waals surface area contributed by atoms with E-state index in [1.807, 2.05) is 30.5 Å². The van der Waals surface area contributed by atoms with E-state index in [0.29, 0.717) is 13.1 Å². The van der Waals surface area contributed by atoms with E-state index in [2.05, 4.69) is 44.4 Å². The van der Waals surface area contributed by atoms with Crippen molar-refractivity contribution in [3.63, 3.8) is 0 Å². The Labute approximate surface area is 171 Å². The maximum atomic E-state index is 12.3. The van der Waals surface area contributed by atoms with Gasteiger partial charge in [0.25, 0.3) is 0 Å². The summed E-state index contributed by atoms with van der Waals surface area (Å²) in [6, 6.07) is 16.4. The maximum absolute atomic E-state index is 12.3. The van der Waals surface area contributed by atoms with E-state index in [9.17, 15) is 4.79 Å². The number of carbonyl (C=O) groups excluding carboxylic acids is 1. The van der Waals surface area contributed by atoms with Crippen LogP contribution in [0.25, 0.3) is 10.9 Å². The van der Waals surface area contributed by atoms with E-state index in [4.69, 9.17) is 4.74 Å². The minimum Gasteiger partial charge on any atom is -0.497 e. The van der Waals surface area contributed by atoms with Gasteiger partial charge in [0.15, 0.2) is 0 Å². The Hall–Kier alpha value is -2.99. The molecule has 1 aromatic heterocycles. The highest BCUT2D eigenvalue weighted by Gasteiger charge is 2.19. The van der Waals surface area contributed by atoms with E-state index in [1.165, 1.54) is 16.6 Å². The fourth-order valence-corrected chi connectivity index (χ4v) is 3.89. The molecule has 0 radical (unpaired) electrons. The number of fused-ring (bicyclic) bond motifs is 1. The van der Waals surface area contributed by atoms with Gasteiger partial charge >= 0.3 is 0 Å². The number of para-hydroxylation sites is 1. The number of benzene rings is 2. The summed E-state index contributed by atoms with van der Waals surface area (Å²) in [6.07, 6.45) is 2.87. The smallest absolute Gasteiger partial charge is 0.234 e. The summed E-state index contributed by atoms with van der Waals surface area (Å²) >= 11 is 0. The lowest BCUT2D eigenvalue weighted by Crippen LogP contribution is -2.49. The van der Waals surface area contributed by atoms with E-state index >= 15 is 0 Å². The van der Waals surface area contributed by atoms with Crippen molar-refractivity contribution in [1.82, 2.24) is 15.2 Å². The van der Waals surface area contributed by atoms with Crippen LogP contribution in [0.15, 0.2) is 54.7 Å². The fraction of sp³-hybridized carbons (Fsp3) is 0.348. The van der Waals surface area contributed by atoms with E-state index in [1.54, 1.807) is 7.11 Å². The molecule has 1 aliphatic heterocycles. The molecule has 0 atom stereocenters. The van der Waals surface area contributed by atoms with Crippen LogP contribution in [0.3, 0.4) is 0 Å². The highest BCUT2D eigenvalue weighted by atomic mass is 16.5. The Bertz CT molecular complexity index is 943. The van der Waals surface area contributed by atoms with E-state index < -0.39 is 0 Å². The zero-order valence-electron chi connectivity index (χ0n) is 16.9. The standard InChI is InChI=1S/C23H28N4O2/c1-29-20-8-6-19(7-9-20)27-14-12-26(13-15-27)17-23(28)24-11-10-18-16-25-22-5-3-2-4-21(18)22/h2-9,16,25H,10-15,17H2,1H3,(H,24,28). The molecule has 0 unspecified atom stereocenters. The highest BCUT2D eigenvalue weighted by molar-refractivity contribution is 5.83. The van der Waals surface area contributed by atoms with E-state index in [0.717, 1.165) is 43.9 Å². The van der Waals surface area contributed by atoms with Crippen molar-refractivity contribution >= 4 is 22.5 Å². The number of carbonyl (C=O) groups is 1. The van der Waals surface area contributed by atoms with Crippen LogP contribution in [-0.2, 0) is 11.2 Å². The SMILES string of the molecule is COc1ccc(N2CCN(CC(=O)NCCc3c[nH]c4ccccc34)CC2)cc1. The number of piperazine rings is 1. The second-order valence-electron chi connectivity index (χ2n) is 7.42. The van der Waals surface area contributed by atoms with Gasteiger partial charge in [0, 0.05) is 55.5 Å². The second kappa shape index (κ2) is 9.01. The lowest BCUT2D eigenvalue weighted by Gasteiger charge is -2.35. The Morgan fingerprint density at radius 2 is 1.83 bits per heavy atom. The first-order valence-corrected chi connectivity index (χ1v) is 10.2. The lowest BCUT2D eigenvalue weighted by molar-refractivity contribution is -0.122. The third-order valence-corrected chi connectivity index (χ3v) is 5.57. The number of hydrogen-bond acceptors (Lipinski definition) is 4. The molecular weight excluding hydrogens is 364 g/mol. The van der Waals surface area contributed by atoms with Crippen molar-refractivity contribution in [1.29, 1.82) is 0 Å². The lowest BCUT2D eigenvalue weighted by atomic mass is 10.1. The average Bonchev–Trinajstić information content (AvgIpc) is 3.18. The number of amides is 1. The number of methoxy groups -OCH3 is 1. The van der Waals surface area contributed by atoms with Gasteiger partial charge in [0.05, 0.1) is 13.7 Å². The van der Waals surface area contributed by atoms with Crippen molar-refractivity contribution in [3.8, 4) is 5.75 Å². The van der Waals surface area contributed by atoms with Gasteiger partial charge in [-0.3, -0.25) is 9.69 Å². The molecule has 4 rings (SSSR count). The third-order valence-electron chi connectivity index (χ3n) is 5.57. The minimum absolute atomic E-state index is 0.0998. The van der Waals surface area contributed by atoms with Crippen LogP contribution >= 0.6 is 0 Å². The van der Waals surface area contributed by atoms with Crippen LogP contribution in [0.5, 0.6) is 5.75 Å². The molecule has 0 aliphatic carbocycles. The molecule has 0 saturated carbocycles. The van der Waals surface area contributed by atoms with Crippen LogP contribution in [0.4, 0.5) is 5.69 Å². The van der Waals surface area contributed by atoms with Crippen molar-refractivity contribution in [3.05, 3.63) is 60.3 Å². The minimum atomic E-state index is 0.0998. The normalized spacial score (nSPS) is 14.9. The number of H-pyrrole nitrogens is 1. The van der Waals surface area contributed by atoms with Gasteiger partial charge in [-0.2, -0.15) is 0 Å². The zero-order chi connectivity index (χ0) is 20.1. The summed E-state index contributed by atoms with van der Waals surface area (Å²) in [5.74, 6) is 0.972. The Kier molecular flexibility index (Phi) is 6.00. The second-order valence-corrected chi connectivity index (χ2v) is 7.42. The molecule has 152 valence electrons. The molecule has 1 saturated heterocycles. The molecule has 0 spiro atoms. The Balaban J connectivity index is 1.19. The number of ether oxygens (including phenoxy) is 1. The van der Waals surface area contributed by atoms with Gasteiger partial charge in [-0.05, 0) is 42.3 Å². The van der Waals surface area contributed by atoms with Crippen molar-refractivity contribution in [2.45, 2.75) is 6.42 Å². The molecule has 6 nitrogen and oxygen atoms in total. The van der Waals surface area contributed by atoms with Crippen LogP contribution < -0.4 is 15.0 Å². The molecule has 3 aromatic rings. The summed E-state index contributed by atoms with van der Waals surface area (Å²) in [7, 11) is 1.68. The topological polar surface area (TPSA) is 60.6 Å². The molecule has 0 bridgehead atoms. The van der Waals surface area contributed by atoms with Gasteiger partial charge in [-0.15, -0.1) is 0 Å². The first-order chi connectivity index (χ1) is 14.2. The number of nitrogens with one attached hydrogen (secondary N) is 2. The molecule has 1 fully saturated rings. The van der Waals surface area contributed by atoms with Gasteiger partial charge in [0.2, 0.25) is 5.91 Å². The summed E-state index contributed by atoms with van der Waals surface area (Å²) in [6.45, 7) is 4.75. The predicted octanol–water partition coefficient (Wildman–Crippen LogP) is 2.66. The number of anilines is 1. The summed E-state index contributed by atoms with van der Waals surface area (Å²) in [5, 5.41) is 4.30. The Morgan fingerprint density at radius 1 is 1.07 bits per heavy atom. The van der Waals surface area contributed by atoms with Crippen molar-refractivity contribution < 1.29 is 9.53 Å². The number of hydrogen-bond donors (Lipinski definition) is 2. The molecule has 2 N–H and O–H groups in total. The number of rotatable bonds is 7. The maximum Gasteiger partial charge on any atom is 0.234 e. The first kappa shape index (κ1) is 19.3. The summed E-state index contributed by atoms with van der Waals surface area (Å²) in [5.41, 5.74) is 3.59. The molecule has 1 aliphatic rings. The molecule has 1 amide bonds. The molecule has 2 aromatic carbocycles. The van der Waals surface area contributed by atoms with Crippen molar-refractivity contribution in [2.75, 3.05) is 51.3 Å². The highest BCUT2D eigenvalue weighted by Crippen LogP contribution is 2.20. The van der Waals surface area contributed by atoms with Gasteiger partial charge < -0.3 is 19.9 Å². The summed E-state index contributed by atoms with van der Waals surface area (Å²) in [4.78, 5) is 20.2. The zero-order valence-corrected chi connectivity index (χ0v) is 16.9. The molecule has 6 heteroatoms. The summed E-state index contributed by atoms with van der Waals surface area (Å²) < 4.78 is 5.22. The van der Waals surface area contributed by atoms with Crippen molar-refractivity contribution in [2.24, 2.45) is 0 Å². The van der Waals surface area contributed by atoms with Gasteiger partial charge in [0.1, 0.15) is 5.75 Å². The molecular formula is C23H28N4O2. The fourth-order valence-electron chi connectivity index (χ4n) is 3.89. The third kappa shape index (κ3) is 4.71. The molecule has 2 heterocycles. The van der Waals surface area contributed by atoms with Crippen LogP contribution in [0.1, 0.15) is 5.56 Å².